The van der Waals surface area contributed by atoms with Crippen molar-refractivity contribution in [2.45, 2.75) is 43.2 Å². The van der Waals surface area contributed by atoms with Crippen LogP contribution < -0.4 is 0 Å². The number of fused-ring (bicyclic) bond motifs is 1. The Morgan fingerprint density at radius 1 is 1.03 bits per heavy atom. The van der Waals surface area contributed by atoms with Crippen LogP contribution in [-0.4, -0.2) is 76.3 Å². The molecule has 30 heavy (non-hydrogen) atoms. The Kier molecular flexibility index (Phi) is 10.4. The summed E-state index contributed by atoms with van der Waals surface area (Å²) in [5, 5.41) is 15.6. The SMILES string of the molecule is Cc1cc2c(s1)SCCN(CCCCN1CCCCC1)C2=O.O=C(O)C=CC(=O)O. The number of carbonyl (C=O) groups excluding carboxylic acids is 1. The van der Waals surface area contributed by atoms with Gasteiger partial charge in [0.2, 0.25) is 0 Å². The standard InChI is InChI=1S/C17H26N2OS2.C4H4O4/c1-14-13-15-16(20)19(11-12-21-17(15)22-14)10-6-5-9-18-7-3-2-4-8-18;5-3(6)1-2-4(7)8/h13H,2-12H2,1H3;1-2H,(H,5,6)(H,7,8). The van der Waals surface area contributed by atoms with Gasteiger partial charge in [-0.2, -0.15) is 0 Å². The van der Waals surface area contributed by atoms with Gasteiger partial charge in [0.15, 0.2) is 0 Å². The molecule has 0 bridgehead atoms. The first-order chi connectivity index (χ1) is 14.4. The van der Waals surface area contributed by atoms with Gasteiger partial charge < -0.3 is 20.0 Å². The van der Waals surface area contributed by atoms with E-state index in [1.807, 2.05) is 11.8 Å². The molecule has 0 radical (unpaired) electrons. The number of piperidine rings is 1. The van der Waals surface area contributed by atoms with E-state index in [-0.39, 0.29) is 5.91 Å². The largest absolute Gasteiger partial charge is 0.478 e. The highest BCUT2D eigenvalue weighted by molar-refractivity contribution is 8.01. The molecule has 2 N–H and O–H groups in total. The number of nitrogens with zero attached hydrogens (tertiary/aromatic N) is 2. The van der Waals surface area contributed by atoms with Gasteiger partial charge in [-0.3, -0.25) is 4.79 Å². The third-order valence-electron chi connectivity index (χ3n) is 4.90. The summed E-state index contributed by atoms with van der Waals surface area (Å²) in [5.74, 6) is -1.23. The van der Waals surface area contributed by atoms with E-state index in [1.54, 1.807) is 11.3 Å². The molecular formula is C21H30N2O5S2. The van der Waals surface area contributed by atoms with Crippen LogP contribution in [0.5, 0.6) is 0 Å². The molecule has 1 amide bonds. The maximum atomic E-state index is 12.7. The number of unbranched alkanes of at least 4 members (excludes halogenated alkanes) is 1. The van der Waals surface area contributed by atoms with Crippen molar-refractivity contribution in [3.05, 3.63) is 28.7 Å². The molecule has 9 heteroatoms. The van der Waals surface area contributed by atoms with Gasteiger partial charge in [0.25, 0.3) is 5.91 Å². The lowest BCUT2D eigenvalue weighted by Gasteiger charge is -2.27. The second kappa shape index (κ2) is 12.8. The number of thiophene rings is 1. The van der Waals surface area contributed by atoms with Crippen molar-refractivity contribution in [1.29, 1.82) is 0 Å². The molecule has 0 aliphatic carbocycles. The van der Waals surface area contributed by atoms with E-state index in [0.29, 0.717) is 12.2 Å². The van der Waals surface area contributed by atoms with E-state index in [2.05, 4.69) is 22.8 Å². The highest BCUT2D eigenvalue weighted by Crippen LogP contribution is 2.34. The summed E-state index contributed by atoms with van der Waals surface area (Å²) < 4.78 is 1.22. The van der Waals surface area contributed by atoms with Crippen molar-refractivity contribution in [3.63, 3.8) is 0 Å². The second-order valence-electron chi connectivity index (χ2n) is 7.32. The number of aryl methyl sites for hydroxylation is 1. The fraction of sp³-hybridized carbons (Fsp3) is 0.571. The molecule has 0 atom stereocenters. The summed E-state index contributed by atoms with van der Waals surface area (Å²) in [6, 6.07) is 2.07. The van der Waals surface area contributed by atoms with E-state index in [9.17, 15) is 14.4 Å². The number of likely N-dealkylation sites (tertiary alicyclic amines) is 1. The Hall–Kier alpha value is -1.84. The Bertz CT molecular complexity index is 741. The fourth-order valence-corrected chi connectivity index (χ4v) is 5.85. The van der Waals surface area contributed by atoms with E-state index in [0.717, 1.165) is 30.8 Å². The fourth-order valence-electron chi connectivity index (χ4n) is 3.45. The average Bonchev–Trinajstić information content (AvgIpc) is 3.03. The molecular weight excluding hydrogens is 424 g/mol. The first-order valence-corrected chi connectivity index (χ1v) is 12.1. The molecule has 3 rings (SSSR count). The number of amides is 1. The van der Waals surface area contributed by atoms with Gasteiger partial charge in [-0.25, -0.2) is 9.59 Å². The number of thioether (sulfide) groups is 1. The maximum Gasteiger partial charge on any atom is 0.328 e. The van der Waals surface area contributed by atoms with Crippen LogP contribution >= 0.6 is 23.1 Å². The lowest BCUT2D eigenvalue weighted by atomic mass is 10.1. The number of carboxylic acids is 2. The molecule has 2 aliphatic heterocycles. The van der Waals surface area contributed by atoms with Crippen molar-refractivity contribution in [2.24, 2.45) is 0 Å². The van der Waals surface area contributed by atoms with Gasteiger partial charge in [-0.1, -0.05) is 6.42 Å². The summed E-state index contributed by atoms with van der Waals surface area (Å²) in [5.41, 5.74) is 0.945. The molecule has 1 aromatic heterocycles. The molecule has 0 aromatic carbocycles. The third kappa shape index (κ3) is 8.49. The minimum atomic E-state index is -1.26. The molecule has 0 saturated carbocycles. The van der Waals surface area contributed by atoms with Crippen molar-refractivity contribution in [1.82, 2.24) is 9.80 Å². The van der Waals surface area contributed by atoms with Crippen LogP contribution in [0.15, 0.2) is 22.4 Å². The minimum absolute atomic E-state index is 0.252. The van der Waals surface area contributed by atoms with Crippen LogP contribution in [-0.2, 0) is 9.59 Å². The van der Waals surface area contributed by atoms with Crippen molar-refractivity contribution >= 4 is 40.9 Å². The smallest absolute Gasteiger partial charge is 0.328 e. The predicted molar refractivity (Wildman–Crippen MR) is 120 cm³/mol. The first kappa shape index (κ1) is 24.4. The zero-order valence-corrected chi connectivity index (χ0v) is 19.0. The summed E-state index contributed by atoms with van der Waals surface area (Å²) in [7, 11) is 0. The zero-order valence-electron chi connectivity index (χ0n) is 17.3. The van der Waals surface area contributed by atoms with Crippen molar-refractivity contribution < 1.29 is 24.6 Å². The first-order valence-electron chi connectivity index (χ1n) is 10.3. The van der Waals surface area contributed by atoms with Gasteiger partial charge in [0.05, 0.1) is 9.77 Å². The molecule has 3 heterocycles. The van der Waals surface area contributed by atoms with E-state index in [4.69, 9.17) is 10.2 Å². The summed E-state index contributed by atoms with van der Waals surface area (Å²) in [6.07, 6.45) is 7.59. The lowest BCUT2D eigenvalue weighted by molar-refractivity contribution is -0.134. The van der Waals surface area contributed by atoms with Crippen LogP contribution in [0.25, 0.3) is 0 Å². The molecule has 0 spiro atoms. The quantitative estimate of drug-likeness (QED) is 0.480. The Morgan fingerprint density at radius 3 is 2.30 bits per heavy atom. The number of hydrogen-bond donors (Lipinski definition) is 2. The molecule has 1 fully saturated rings. The second-order valence-corrected chi connectivity index (χ2v) is 9.94. The number of hydrogen-bond acceptors (Lipinski definition) is 6. The normalized spacial score (nSPS) is 17.2. The van der Waals surface area contributed by atoms with Gasteiger partial charge in [-0.15, -0.1) is 23.1 Å². The number of aliphatic carboxylic acids is 2. The average molecular weight is 455 g/mol. The van der Waals surface area contributed by atoms with E-state index in [1.165, 1.54) is 54.4 Å². The van der Waals surface area contributed by atoms with E-state index >= 15 is 0 Å². The van der Waals surface area contributed by atoms with Gasteiger partial charge in [0, 0.05) is 35.9 Å². The number of rotatable bonds is 7. The van der Waals surface area contributed by atoms with Crippen molar-refractivity contribution in [3.8, 4) is 0 Å². The van der Waals surface area contributed by atoms with Gasteiger partial charge in [-0.05, 0) is 58.3 Å². The molecule has 2 aliphatic rings. The molecule has 7 nitrogen and oxygen atoms in total. The van der Waals surface area contributed by atoms with Crippen LogP contribution in [0.4, 0.5) is 0 Å². The lowest BCUT2D eigenvalue weighted by Crippen LogP contribution is -2.34. The monoisotopic (exact) mass is 454 g/mol. The van der Waals surface area contributed by atoms with Crippen LogP contribution in [0.3, 0.4) is 0 Å². The number of carboxylic acid groups (broad SMARTS) is 2. The molecule has 1 saturated heterocycles. The topological polar surface area (TPSA) is 98.2 Å². The van der Waals surface area contributed by atoms with Gasteiger partial charge >= 0.3 is 11.9 Å². The zero-order chi connectivity index (χ0) is 21.9. The highest BCUT2D eigenvalue weighted by Gasteiger charge is 2.24. The van der Waals surface area contributed by atoms with Crippen LogP contribution in [0.1, 0.15) is 47.3 Å². The summed E-state index contributed by atoms with van der Waals surface area (Å²) in [4.78, 5) is 37.7. The predicted octanol–water partition coefficient (Wildman–Crippen LogP) is 3.58. The number of carbonyl (C=O) groups is 3. The van der Waals surface area contributed by atoms with Crippen LogP contribution in [0, 0.1) is 6.92 Å². The Balaban J connectivity index is 0.000000343. The Morgan fingerprint density at radius 2 is 1.67 bits per heavy atom. The van der Waals surface area contributed by atoms with Gasteiger partial charge in [0.1, 0.15) is 0 Å². The summed E-state index contributed by atoms with van der Waals surface area (Å²) >= 11 is 3.61. The summed E-state index contributed by atoms with van der Waals surface area (Å²) in [6.45, 7) is 7.67. The highest BCUT2D eigenvalue weighted by atomic mass is 32.2. The van der Waals surface area contributed by atoms with Crippen LogP contribution in [0.2, 0.25) is 0 Å². The molecule has 0 unspecified atom stereocenters. The van der Waals surface area contributed by atoms with E-state index < -0.39 is 11.9 Å². The molecule has 1 aromatic rings. The Labute approximate surface area is 185 Å². The molecule has 166 valence electrons. The maximum absolute atomic E-state index is 12.7. The minimum Gasteiger partial charge on any atom is -0.478 e. The third-order valence-corrected chi connectivity index (χ3v) is 7.22. The van der Waals surface area contributed by atoms with Crippen molar-refractivity contribution in [2.75, 3.05) is 38.5 Å².